The van der Waals surface area contributed by atoms with Crippen molar-refractivity contribution in [1.29, 1.82) is 0 Å². The van der Waals surface area contributed by atoms with Crippen molar-refractivity contribution in [3.8, 4) is 0 Å². The molecule has 0 radical (unpaired) electrons. The molecule has 128 valence electrons. The third kappa shape index (κ3) is 4.11. The molecule has 3 N–H and O–H groups in total. The molecule has 0 aliphatic carbocycles. The Balaban J connectivity index is 2.07. The minimum Gasteiger partial charge on any atom is -0.366 e. The fourth-order valence-electron chi connectivity index (χ4n) is 2.09. The number of amides is 2. The molecule has 5 nitrogen and oxygen atoms in total. The lowest BCUT2D eigenvalue weighted by Crippen LogP contribution is -2.39. The summed E-state index contributed by atoms with van der Waals surface area (Å²) in [6.07, 6.45) is 0. The van der Waals surface area contributed by atoms with Crippen LogP contribution in [0.15, 0.2) is 29.6 Å². The van der Waals surface area contributed by atoms with E-state index in [4.69, 9.17) is 17.3 Å². The Morgan fingerprint density at radius 1 is 1.42 bits per heavy atom. The van der Waals surface area contributed by atoms with Crippen molar-refractivity contribution >= 4 is 39.8 Å². The molecule has 24 heavy (non-hydrogen) atoms. The average molecular weight is 370 g/mol. The van der Waals surface area contributed by atoms with Crippen LogP contribution in [0.5, 0.6) is 0 Å². The van der Waals surface area contributed by atoms with E-state index in [-0.39, 0.29) is 18.0 Å². The second-order valence-electron chi connectivity index (χ2n) is 5.31. The van der Waals surface area contributed by atoms with Crippen LogP contribution in [-0.2, 0) is 11.3 Å². The van der Waals surface area contributed by atoms with E-state index < -0.39 is 17.8 Å². The molecule has 1 heterocycles. The Morgan fingerprint density at radius 3 is 2.75 bits per heavy atom. The van der Waals surface area contributed by atoms with Crippen LogP contribution in [0.25, 0.3) is 0 Å². The molecule has 1 unspecified atom stereocenters. The van der Waals surface area contributed by atoms with Crippen LogP contribution < -0.4 is 11.1 Å². The van der Waals surface area contributed by atoms with Gasteiger partial charge in [-0.25, -0.2) is 4.39 Å². The molecule has 2 amide bonds. The molecule has 0 aliphatic heterocycles. The standard InChI is InChI=1S/C16H17ClFN3O2S/c1-9(15(23)20-16-10(14(19)22)6-7-24-16)21(2)8-11-12(17)4-3-5-13(11)18/h3-7,9H,8H2,1-2H3,(H2,19,22)(H,20,23). The summed E-state index contributed by atoms with van der Waals surface area (Å²) in [6, 6.07) is 5.44. The largest absolute Gasteiger partial charge is 0.366 e. The van der Waals surface area contributed by atoms with Crippen LogP contribution in [-0.4, -0.2) is 29.8 Å². The molecule has 0 fully saturated rings. The third-order valence-electron chi connectivity index (χ3n) is 3.68. The number of nitrogens with zero attached hydrogens (tertiary/aromatic N) is 1. The molecule has 1 atom stereocenters. The molecule has 0 bridgehead atoms. The summed E-state index contributed by atoms with van der Waals surface area (Å²) >= 11 is 7.22. The summed E-state index contributed by atoms with van der Waals surface area (Å²) in [5.41, 5.74) is 5.85. The van der Waals surface area contributed by atoms with E-state index in [1.807, 2.05) is 0 Å². The van der Waals surface area contributed by atoms with Gasteiger partial charge in [-0.1, -0.05) is 17.7 Å². The molecule has 8 heteroatoms. The van der Waals surface area contributed by atoms with Crippen molar-refractivity contribution in [2.75, 3.05) is 12.4 Å². The van der Waals surface area contributed by atoms with Crippen LogP contribution in [0.1, 0.15) is 22.8 Å². The maximum atomic E-state index is 13.9. The van der Waals surface area contributed by atoms with Gasteiger partial charge >= 0.3 is 0 Å². The Kier molecular flexibility index (Phi) is 5.93. The van der Waals surface area contributed by atoms with Gasteiger partial charge in [-0.15, -0.1) is 11.3 Å². The smallest absolute Gasteiger partial charge is 0.251 e. The Bertz CT molecular complexity index is 745. The van der Waals surface area contributed by atoms with Gasteiger partial charge in [0.25, 0.3) is 5.91 Å². The fraction of sp³-hybridized carbons (Fsp3) is 0.250. The van der Waals surface area contributed by atoms with E-state index >= 15 is 0 Å². The number of thiophene rings is 1. The van der Waals surface area contributed by atoms with Gasteiger partial charge in [-0.05, 0) is 37.6 Å². The fourth-order valence-corrected chi connectivity index (χ4v) is 3.10. The zero-order valence-electron chi connectivity index (χ0n) is 13.2. The molecule has 0 saturated carbocycles. The maximum Gasteiger partial charge on any atom is 0.251 e. The van der Waals surface area contributed by atoms with E-state index in [1.54, 1.807) is 36.4 Å². The van der Waals surface area contributed by atoms with E-state index in [2.05, 4.69) is 5.32 Å². The molecule has 0 spiro atoms. The summed E-state index contributed by atoms with van der Waals surface area (Å²) in [4.78, 5) is 25.3. The Labute approximate surface area is 148 Å². The second kappa shape index (κ2) is 7.74. The highest BCUT2D eigenvalue weighted by Crippen LogP contribution is 2.24. The minimum atomic E-state index is -0.606. The number of nitrogens with one attached hydrogen (secondary N) is 1. The quantitative estimate of drug-likeness (QED) is 0.821. The van der Waals surface area contributed by atoms with Crippen LogP contribution in [0.3, 0.4) is 0 Å². The number of likely N-dealkylation sites (N-methyl/N-ethyl adjacent to an activating group) is 1. The van der Waals surface area contributed by atoms with Gasteiger partial charge in [0.1, 0.15) is 10.8 Å². The molecule has 1 aromatic carbocycles. The first-order valence-electron chi connectivity index (χ1n) is 7.12. The SMILES string of the molecule is CC(C(=O)Nc1sccc1C(N)=O)N(C)Cc1c(F)cccc1Cl. The molecule has 1 aromatic heterocycles. The minimum absolute atomic E-state index is 0.174. The Morgan fingerprint density at radius 2 is 2.12 bits per heavy atom. The van der Waals surface area contributed by atoms with Gasteiger partial charge < -0.3 is 11.1 Å². The lowest BCUT2D eigenvalue weighted by molar-refractivity contribution is -0.120. The molecule has 2 aromatic rings. The summed E-state index contributed by atoms with van der Waals surface area (Å²) in [7, 11) is 1.69. The zero-order valence-corrected chi connectivity index (χ0v) is 14.7. The highest BCUT2D eigenvalue weighted by molar-refractivity contribution is 7.14. The lowest BCUT2D eigenvalue weighted by atomic mass is 10.1. The first kappa shape index (κ1) is 18.4. The van der Waals surface area contributed by atoms with Crippen molar-refractivity contribution in [2.24, 2.45) is 5.73 Å². The molecular formula is C16H17ClFN3O2S. The van der Waals surface area contributed by atoms with Gasteiger partial charge in [0.15, 0.2) is 0 Å². The average Bonchev–Trinajstić information content (AvgIpc) is 2.98. The van der Waals surface area contributed by atoms with Crippen molar-refractivity contribution in [2.45, 2.75) is 19.5 Å². The number of hydrogen-bond acceptors (Lipinski definition) is 4. The predicted octanol–water partition coefficient (Wildman–Crippen LogP) is 3.10. The maximum absolute atomic E-state index is 13.9. The lowest BCUT2D eigenvalue weighted by Gasteiger charge is -2.24. The first-order valence-corrected chi connectivity index (χ1v) is 8.38. The number of halogens is 2. The number of benzene rings is 1. The normalized spacial score (nSPS) is 12.2. The van der Waals surface area contributed by atoms with E-state index in [9.17, 15) is 14.0 Å². The van der Waals surface area contributed by atoms with E-state index in [1.165, 1.54) is 23.5 Å². The van der Waals surface area contributed by atoms with E-state index in [0.717, 1.165) is 0 Å². The highest BCUT2D eigenvalue weighted by atomic mass is 35.5. The molecule has 0 aliphatic rings. The monoisotopic (exact) mass is 369 g/mol. The van der Waals surface area contributed by atoms with Gasteiger partial charge in [0.2, 0.25) is 5.91 Å². The van der Waals surface area contributed by atoms with Crippen molar-refractivity contribution in [3.63, 3.8) is 0 Å². The number of nitrogens with two attached hydrogens (primary N) is 1. The number of anilines is 1. The predicted molar refractivity (Wildman–Crippen MR) is 93.8 cm³/mol. The Hall–Kier alpha value is -1.96. The van der Waals surface area contributed by atoms with Gasteiger partial charge in [-0.3, -0.25) is 14.5 Å². The van der Waals surface area contributed by atoms with Crippen molar-refractivity contribution < 1.29 is 14.0 Å². The number of carbonyl (C=O) groups is 2. The number of carbonyl (C=O) groups excluding carboxylic acids is 2. The topological polar surface area (TPSA) is 75.4 Å². The number of hydrogen-bond donors (Lipinski definition) is 2. The van der Waals surface area contributed by atoms with Crippen molar-refractivity contribution in [1.82, 2.24) is 4.90 Å². The molecule has 2 rings (SSSR count). The van der Waals surface area contributed by atoms with Crippen LogP contribution >= 0.6 is 22.9 Å². The zero-order chi connectivity index (χ0) is 17.9. The summed E-state index contributed by atoms with van der Waals surface area (Å²) < 4.78 is 13.9. The van der Waals surface area contributed by atoms with Gasteiger partial charge in [0, 0.05) is 17.1 Å². The number of rotatable bonds is 6. The third-order valence-corrected chi connectivity index (χ3v) is 4.86. The molecular weight excluding hydrogens is 353 g/mol. The second-order valence-corrected chi connectivity index (χ2v) is 6.63. The van der Waals surface area contributed by atoms with Crippen LogP contribution in [0, 0.1) is 5.82 Å². The van der Waals surface area contributed by atoms with Crippen LogP contribution in [0.2, 0.25) is 5.02 Å². The summed E-state index contributed by atoms with van der Waals surface area (Å²) in [6.45, 7) is 1.86. The first-order chi connectivity index (χ1) is 11.3. The summed E-state index contributed by atoms with van der Waals surface area (Å²) in [5, 5.41) is 5.06. The summed E-state index contributed by atoms with van der Waals surface area (Å²) in [5.74, 6) is -1.35. The molecule has 0 saturated heterocycles. The van der Waals surface area contributed by atoms with Crippen molar-refractivity contribution in [3.05, 3.63) is 51.6 Å². The highest BCUT2D eigenvalue weighted by Gasteiger charge is 2.22. The number of primary amides is 1. The van der Waals surface area contributed by atoms with Gasteiger partial charge in [-0.2, -0.15) is 0 Å². The van der Waals surface area contributed by atoms with Crippen LogP contribution in [0.4, 0.5) is 9.39 Å². The van der Waals surface area contributed by atoms with Gasteiger partial charge in [0.05, 0.1) is 11.6 Å². The van der Waals surface area contributed by atoms with E-state index in [0.29, 0.717) is 15.6 Å².